The van der Waals surface area contributed by atoms with Crippen molar-refractivity contribution in [2.45, 2.75) is 30.7 Å². The number of nitrogens with zero attached hydrogens (tertiary/aromatic N) is 3. The van der Waals surface area contributed by atoms with Crippen LogP contribution in [0.5, 0.6) is 0 Å². The Kier molecular flexibility index (Phi) is 5.99. The summed E-state index contributed by atoms with van der Waals surface area (Å²) >= 11 is 6.97. The lowest BCUT2D eigenvalue weighted by atomic mass is 10.2. The number of amides is 1. The number of unbranched alkanes of at least 4 members (excludes halogenated alkanes) is 2. The summed E-state index contributed by atoms with van der Waals surface area (Å²) in [5.74, 6) is -0.482. The van der Waals surface area contributed by atoms with Crippen molar-refractivity contribution in [1.82, 2.24) is 9.78 Å². The number of carbonyl (C=O) groups is 1. The van der Waals surface area contributed by atoms with Gasteiger partial charge in [0.2, 0.25) is 0 Å². The Morgan fingerprint density at radius 2 is 2.25 bits per heavy atom. The second-order valence-corrected chi connectivity index (χ2v) is 8.32. The fourth-order valence-corrected chi connectivity index (χ4v) is 4.76. The summed E-state index contributed by atoms with van der Waals surface area (Å²) in [5, 5.41) is 16.5. The maximum Gasteiger partial charge on any atom is 0.267 e. The maximum absolute atomic E-state index is 12.2. The molecule has 10 heteroatoms. The van der Waals surface area contributed by atoms with Gasteiger partial charge in [0.25, 0.3) is 5.91 Å². The number of hydrogen-bond donors (Lipinski definition) is 1. The molecule has 0 radical (unpaired) electrons. The quantitative estimate of drug-likeness (QED) is 0.736. The number of aromatic nitrogens is 2. The number of halogens is 1. The van der Waals surface area contributed by atoms with E-state index >= 15 is 0 Å². The number of nitriles is 1. The molecule has 2 aromatic heterocycles. The lowest BCUT2D eigenvalue weighted by Gasteiger charge is -2.01. The van der Waals surface area contributed by atoms with Crippen molar-refractivity contribution in [3.8, 4) is 6.07 Å². The van der Waals surface area contributed by atoms with Gasteiger partial charge in [-0.05, 0) is 12.8 Å². The maximum atomic E-state index is 12.2. The highest BCUT2D eigenvalue weighted by Crippen LogP contribution is 2.31. The molecular weight excluding hydrogens is 372 g/mol. The number of carbonyl (C=O) groups excluding carboxylic acids is 1. The van der Waals surface area contributed by atoms with E-state index in [1.807, 2.05) is 0 Å². The molecule has 0 unspecified atom stereocenters. The first-order valence-electron chi connectivity index (χ1n) is 7.00. The number of thiophene rings is 1. The molecule has 1 amide bonds. The number of sulfone groups is 1. The Morgan fingerprint density at radius 1 is 1.50 bits per heavy atom. The van der Waals surface area contributed by atoms with Crippen LogP contribution in [0.1, 0.15) is 28.9 Å². The van der Waals surface area contributed by atoms with Crippen LogP contribution in [0.4, 0.5) is 5.69 Å². The van der Waals surface area contributed by atoms with Crippen LogP contribution < -0.4 is 5.32 Å². The highest BCUT2D eigenvalue weighted by molar-refractivity contribution is 7.91. The van der Waals surface area contributed by atoms with Crippen LogP contribution in [0.3, 0.4) is 0 Å². The monoisotopic (exact) mass is 386 g/mol. The Balaban J connectivity index is 2.02. The Bertz CT molecular complexity index is 880. The smallest absolute Gasteiger partial charge is 0.267 e. The molecule has 0 fully saturated rings. The van der Waals surface area contributed by atoms with E-state index in [2.05, 4.69) is 16.5 Å². The van der Waals surface area contributed by atoms with Crippen LogP contribution in [0.25, 0.3) is 0 Å². The number of rotatable bonds is 7. The van der Waals surface area contributed by atoms with Gasteiger partial charge in [-0.1, -0.05) is 11.6 Å². The SMILES string of the molecule is CS(=O)(=O)c1csc(C(=O)Nc2cnn(CCCCC#N)c2)c1Cl. The first kappa shape index (κ1) is 18.4. The van der Waals surface area contributed by atoms with Crippen molar-refractivity contribution >= 4 is 44.4 Å². The second-order valence-electron chi connectivity index (χ2n) is 5.08. The second kappa shape index (κ2) is 7.79. The van der Waals surface area contributed by atoms with Crippen molar-refractivity contribution < 1.29 is 13.2 Å². The van der Waals surface area contributed by atoms with Crippen molar-refractivity contribution in [2.75, 3.05) is 11.6 Å². The molecule has 1 N–H and O–H groups in total. The van der Waals surface area contributed by atoms with Crippen LogP contribution in [0, 0.1) is 11.3 Å². The average Bonchev–Trinajstić information content (AvgIpc) is 3.09. The average molecular weight is 387 g/mol. The third-order valence-corrected chi connectivity index (χ3v) is 5.99. The summed E-state index contributed by atoms with van der Waals surface area (Å²) in [5.41, 5.74) is 0.491. The van der Waals surface area contributed by atoms with E-state index in [1.54, 1.807) is 10.9 Å². The van der Waals surface area contributed by atoms with E-state index in [0.29, 0.717) is 18.7 Å². The summed E-state index contributed by atoms with van der Waals surface area (Å²) < 4.78 is 24.8. The molecule has 0 atom stereocenters. The van der Waals surface area contributed by atoms with E-state index in [0.717, 1.165) is 30.4 Å². The minimum atomic E-state index is -3.47. The van der Waals surface area contributed by atoms with Crippen LogP contribution in [-0.2, 0) is 16.4 Å². The molecule has 0 aliphatic carbocycles. The molecule has 0 aromatic carbocycles. The topological polar surface area (TPSA) is 105 Å². The number of hydrogen-bond acceptors (Lipinski definition) is 6. The minimum Gasteiger partial charge on any atom is -0.319 e. The molecule has 0 spiro atoms. The van der Waals surface area contributed by atoms with Gasteiger partial charge in [0.15, 0.2) is 9.84 Å². The van der Waals surface area contributed by atoms with E-state index in [1.165, 1.54) is 11.6 Å². The standard InChI is InChI=1S/C14H15ClN4O3S2/c1-24(21,22)11-9-23-13(12(11)15)14(20)18-10-7-17-19(8-10)6-4-2-3-5-16/h7-9H,2-4,6H2,1H3,(H,18,20). The predicted molar refractivity (Wildman–Crippen MR) is 92.1 cm³/mol. The highest BCUT2D eigenvalue weighted by Gasteiger charge is 2.22. The molecule has 0 aliphatic rings. The molecule has 0 saturated carbocycles. The van der Waals surface area contributed by atoms with Crippen LogP contribution >= 0.6 is 22.9 Å². The largest absolute Gasteiger partial charge is 0.319 e. The van der Waals surface area contributed by atoms with Gasteiger partial charge in [0.05, 0.1) is 27.9 Å². The lowest BCUT2D eigenvalue weighted by Crippen LogP contribution is -2.10. The molecule has 128 valence electrons. The summed E-state index contributed by atoms with van der Waals surface area (Å²) in [4.78, 5) is 12.3. The normalized spacial score (nSPS) is 11.2. The fraction of sp³-hybridized carbons (Fsp3) is 0.357. The zero-order valence-corrected chi connectivity index (χ0v) is 15.2. The van der Waals surface area contributed by atoms with Gasteiger partial charge in [-0.3, -0.25) is 9.48 Å². The molecule has 24 heavy (non-hydrogen) atoms. The molecule has 0 saturated heterocycles. The number of aryl methyl sites for hydroxylation is 1. The molecule has 0 aliphatic heterocycles. The molecule has 0 bridgehead atoms. The first-order chi connectivity index (χ1) is 11.3. The summed E-state index contributed by atoms with van der Waals surface area (Å²) in [6.45, 7) is 0.648. The van der Waals surface area contributed by atoms with Gasteiger partial charge < -0.3 is 5.32 Å². The van der Waals surface area contributed by atoms with Gasteiger partial charge in [0, 0.05) is 30.8 Å². The van der Waals surface area contributed by atoms with Gasteiger partial charge in [-0.25, -0.2) is 8.42 Å². The number of nitrogens with one attached hydrogen (secondary N) is 1. The summed E-state index contributed by atoms with van der Waals surface area (Å²) in [6, 6.07) is 2.08. The van der Waals surface area contributed by atoms with Crippen molar-refractivity contribution in [3.63, 3.8) is 0 Å². The van der Waals surface area contributed by atoms with Gasteiger partial charge >= 0.3 is 0 Å². The third kappa shape index (κ3) is 4.56. The summed E-state index contributed by atoms with van der Waals surface area (Å²) in [7, 11) is -3.47. The Morgan fingerprint density at radius 3 is 2.88 bits per heavy atom. The summed E-state index contributed by atoms with van der Waals surface area (Å²) in [6.07, 6.45) is 6.32. The van der Waals surface area contributed by atoms with Crippen molar-refractivity contribution in [3.05, 3.63) is 27.7 Å². The van der Waals surface area contributed by atoms with Crippen molar-refractivity contribution in [2.24, 2.45) is 0 Å². The molecule has 2 rings (SSSR count). The van der Waals surface area contributed by atoms with Gasteiger partial charge in [0.1, 0.15) is 4.88 Å². The number of anilines is 1. The van der Waals surface area contributed by atoms with E-state index < -0.39 is 15.7 Å². The Labute approximate surface area is 148 Å². The zero-order chi connectivity index (χ0) is 17.7. The predicted octanol–water partition coefficient (Wildman–Crippen LogP) is 2.95. The van der Waals surface area contributed by atoms with Crippen LogP contribution in [0.15, 0.2) is 22.7 Å². The van der Waals surface area contributed by atoms with Gasteiger partial charge in [-0.15, -0.1) is 11.3 Å². The minimum absolute atomic E-state index is 0.0486. The molecular formula is C14H15ClN4O3S2. The first-order valence-corrected chi connectivity index (χ1v) is 10.2. The van der Waals surface area contributed by atoms with Crippen LogP contribution in [0.2, 0.25) is 5.02 Å². The van der Waals surface area contributed by atoms with Crippen LogP contribution in [-0.4, -0.2) is 30.4 Å². The van der Waals surface area contributed by atoms with E-state index in [9.17, 15) is 13.2 Å². The third-order valence-electron chi connectivity index (χ3n) is 3.12. The van der Waals surface area contributed by atoms with Gasteiger partial charge in [-0.2, -0.15) is 10.4 Å². The molecule has 2 heterocycles. The van der Waals surface area contributed by atoms with E-state index in [4.69, 9.17) is 16.9 Å². The molecule has 2 aromatic rings. The molecule has 7 nitrogen and oxygen atoms in total. The zero-order valence-electron chi connectivity index (χ0n) is 12.8. The fourth-order valence-electron chi connectivity index (χ4n) is 1.95. The lowest BCUT2D eigenvalue weighted by molar-refractivity contribution is 0.103. The highest BCUT2D eigenvalue weighted by atomic mass is 35.5. The van der Waals surface area contributed by atoms with E-state index in [-0.39, 0.29) is 14.8 Å². The van der Waals surface area contributed by atoms with Crippen molar-refractivity contribution in [1.29, 1.82) is 5.26 Å². The Hall–Kier alpha value is -1.89.